The van der Waals surface area contributed by atoms with Crippen molar-refractivity contribution in [2.24, 2.45) is 0 Å². The molecule has 1 saturated heterocycles. The summed E-state index contributed by atoms with van der Waals surface area (Å²) in [6, 6.07) is 0. The first-order valence-corrected chi connectivity index (χ1v) is 6.16. The second-order valence-corrected chi connectivity index (χ2v) is 5.03. The lowest BCUT2D eigenvalue weighted by Crippen LogP contribution is -3.26. The molecular formula is C10H18N4O2S+2. The van der Waals surface area contributed by atoms with Gasteiger partial charge in [-0.1, -0.05) is 0 Å². The van der Waals surface area contributed by atoms with Crippen LogP contribution in [0.3, 0.4) is 0 Å². The molecule has 0 saturated carbocycles. The topological polar surface area (TPSA) is 77.8 Å². The number of quaternary nitrogens is 2. The third-order valence-electron chi connectivity index (χ3n) is 3.26. The fourth-order valence-electron chi connectivity index (χ4n) is 2.12. The van der Waals surface area contributed by atoms with Gasteiger partial charge in [0.15, 0.2) is 4.77 Å². The van der Waals surface area contributed by atoms with Crippen LogP contribution in [0.1, 0.15) is 5.56 Å². The molecule has 0 aliphatic carbocycles. The van der Waals surface area contributed by atoms with Crippen LogP contribution in [-0.4, -0.2) is 48.3 Å². The number of hydrogen-bond donors (Lipinski definition) is 5. The molecule has 5 N–H and O–H groups in total. The molecule has 0 radical (unpaired) electrons. The van der Waals surface area contributed by atoms with Gasteiger partial charge in [0.2, 0.25) is 5.88 Å². The summed E-state index contributed by atoms with van der Waals surface area (Å²) in [5.74, 6) is -0.0995. The maximum Gasteiger partial charge on any atom is 0.264 e. The number of nitrogens with one attached hydrogen (secondary N) is 4. The zero-order chi connectivity index (χ0) is 12.4. The average molecular weight is 258 g/mol. The minimum atomic E-state index is -0.287. The van der Waals surface area contributed by atoms with E-state index in [-0.39, 0.29) is 16.2 Å². The quantitative estimate of drug-likeness (QED) is 0.368. The molecular weight excluding hydrogens is 240 g/mol. The van der Waals surface area contributed by atoms with E-state index in [1.165, 1.54) is 9.80 Å². The van der Waals surface area contributed by atoms with Gasteiger partial charge in [-0.25, -0.2) is 0 Å². The third-order valence-corrected chi connectivity index (χ3v) is 3.46. The lowest BCUT2D eigenvalue weighted by Gasteiger charge is -2.27. The number of aromatic amines is 2. The largest absolute Gasteiger partial charge is 0.494 e. The van der Waals surface area contributed by atoms with Crippen LogP contribution in [0.15, 0.2) is 4.79 Å². The molecule has 0 spiro atoms. The van der Waals surface area contributed by atoms with E-state index in [9.17, 15) is 9.90 Å². The zero-order valence-corrected chi connectivity index (χ0v) is 10.6. The maximum absolute atomic E-state index is 11.7. The molecule has 0 bridgehead atoms. The molecule has 6 nitrogen and oxygen atoms in total. The Hall–Kier alpha value is -1.18. The molecule has 94 valence electrons. The van der Waals surface area contributed by atoms with Crippen LogP contribution < -0.4 is 15.4 Å². The van der Waals surface area contributed by atoms with Crippen LogP contribution in [0, 0.1) is 4.77 Å². The first-order valence-electron chi connectivity index (χ1n) is 5.75. The van der Waals surface area contributed by atoms with Gasteiger partial charge in [-0.2, -0.15) is 0 Å². The van der Waals surface area contributed by atoms with Crippen LogP contribution in [0.2, 0.25) is 0 Å². The van der Waals surface area contributed by atoms with Gasteiger partial charge in [0.1, 0.15) is 38.3 Å². The van der Waals surface area contributed by atoms with E-state index in [2.05, 4.69) is 17.0 Å². The highest BCUT2D eigenvalue weighted by atomic mass is 32.1. The number of aromatic nitrogens is 2. The van der Waals surface area contributed by atoms with Crippen LogP contribution >= 0.6 is 12.2 Å². The van der Waals surface area contributed by atoms with E-state index >= 15 is 0 Å². The summed E-state index contributed by atoms with van der Waals surface area (Å²) in [6.07, 6.45) is 0. The monoisotopic (exact) mass is 258 g/mol. The number of likely N-dealkylation sites (N-methyl/N-ethyl adjacent to an activating group) is 1. The molecule has 1 aromatic heterocycles. The summed E-state index contributed by atoms with van der Waals surface area (Å²) in [5, 5.41) is 9.69. The van der Waals surface area contributed by atoms with Crippen molar-refractivity contribution in [2.75, 3.05) is 33.2 Å². The predicted molar refractivity (Wildman–Crippen MR) is 64.9 cm³/mol. The lowest BCUT2D eigenvalue weighted by atomic mass is 10.2. The van der Waals surface area contributed by atoms with Gasteiger partial charge in [0, 0.05) is 0 Å². The summed E-state index contributed by atoms with van der Waals surface area (Å²) >= 11 is 4.79. The summed E-state index contributed by atoms with van der Waals surface area (Å²) in [7, 11) is 2.17. The normalized spacial score (nSPS) is 24.8. The Morgan fingerprint density at radius 3 is 2.53 bits per heavy atom. The second kappa shape index (κ2) is 4.99. The van der Waals surface area contributed by atoms with Crippen molar-refractivity contribution in [3.63, 3.8) is 0 Å². The molecule has 1 fully saturated rings. The van der Waals surface area contributed by atoms with Crippen molar-refractivity contribution >= 4 is 12.2 Å². The molecule has 1 aliphatic heterocycles. The summed E-state index contributed by atoms with van der Waals surface area (Å²) < 4.78 is 0.161. The predicted octanol–water partition coefficient (Wildman–Crippen LogP) is -2.95. The standard InChI is InChI=1S/C10H16N4O2S/c1-13-2-4-14(5-3-13)6-7-8(15)11-10(17)12-9(7)16/h2-6H2,1H3,(H3,11,12,15,16,17)/p+2. The van der Waals surface area contributed by atoms with Crippen molar-refractivity contribution in [3.8, 4) is 5.88 Å². The summed E-state index contributed by atoms with van der Waals surface area (Å²) in [6.45, 7) is 4.76. The van der Waals surface area contributed by atoms with Crippen molar-refractivity contribution in [1.29, 1.82) is 0 Å². The van der Waals surface area contributed by atoms with Crippen LogP contribution in [0.4, 0.5) is 0 Å². The fourth-order valence-corrected chi connectivity index (χ4v) is 2.31. The molecule has 0 atom stereocenters. The molecule has 0 aromatic carbocycles. The molecule has 2 rings (SSSR count). The van der Waals surface area contributed by atoms with Crippen LogP contribution in [-0.2, 0) is 6.54 Å². The number of H-pyrrole nitrogens is 2. The van der Waals surface area contributed by atoms with E-state index in [0.717, 1.165) is 26.2 Å². The highest BCUT2D eigenvalue weighted by molar-refractivity contribution is 7.71. The van der Waals surface area contributed by atoms with Gasteiger partial charge in [0.05, 0.1) is 7.05 Å². The van der Waals surface area contributed by atoms with Crippen LogP contribution in [0.5, 0.6) is 5.88 Å². The Labute approximate surface area is 104 Å². The summed E-state index contributed by atoms with van der Waals surface area (Å²) in [4.78, 5) is 19.6. The minimum absolute atomic E-state index is 0.0995. The molecule has 17 heavy (non-hydrogen) atoms. The van der Waals surface area contributed by atoms with Crippen molar-refractivity contribution < 1.29 is 14.9 Å². The molecule has 1 aromatic rings. The van der Waals surface area contributed by atoms with Gasteiger partial charge < -0.3 is 19.9 Å². The molecule has 1 aliphatic rings. The van der Waals surface area contributed by atoms with E-state index < -0.39 is 0 Å². The maximum atomic E-state index is 11.7. The fraction of sp³-hybridized carbons (Fsp3) is 0.600. The highest BCUT2D eigenvalue weighted by Gasteiger charge is 2.22. The average Bonchev–Trinajstić information content (AvgIpc) is 2.26. The SMILES string of the molecule is C[NH+]1CC[NH+](Cc2c(O)[nH]c(=S)[nH]c2=O)CC1. The number of hydrogen-bond acceptors (Lipinski definition) is 3. The van der Waals surface area contributed by atoms with Crippen molar-refractivity contribution in [1.82, 2.24) is 9.97 Å². The molecule has 7 heteroatoms. The van der Waals surface area contributed by atoms with Gasteiger partial charge in [-0.3, -0.25) is 9.78 Å². The zero-order valence-electron chi connectivity index (χ0n) is 9.80. The van der Waals surface area contributed by atoms with E-state index in [4.69, 9.17) is 12.2 Å². The Morgan fingerprint density at radius 2 is 1.94 bits per heavy atom. The molecule has 2 heterocycles. The van der Waals surface area contributed by atoms with E-state index in [0.29, 0.717) is 12.1 Å². The number of piperazine rings is 1. The lowest BCUT2D eigenvalue weighted by molar-refractivity contribution is -1.01. The van der Waals surface area contributed by atoms with E-state index in [1.54, 1.807) is 0 Å². The van der Waals surface area contributed by atoms with Gasteiger partial charge >= 0.3 is 0 Å². The Balaban J connectivity index is 2.14. The van der Waals surface area contributed by atoms with Crippen molar-refractivity contribution in [2.45, 2.75) is 6.54 Å². The number of rotatable bonds is 2. The van der Waals surface area contributed by atoms with Gasteiger partial charge in [-0.05, 0) is 12.2 Å². The minimum Gasteiger partial charge on any atom is -0.494 e. The Morgan fingerprint density at radius 1 is 1.29 bits per heavy atom. The Kier molecular flexibility index (Phi) is 3.60. The third kappa shape index (κ3) is 2.93. The Bertz CT molecular complexity index is 502. The second-order valence-electron chi connectivity index (χ2n) is 4.62. The van der Waals surface area contributed by atoms with Crippen LogP contribution in [0.25, 0.3) is 0 Å². The first kappa shape index (κ1) is 12.3. The molecule has 0 unspecified atom stereocenters. The smallest absolute Gasteiger partial charge is 0.264 e. The highest BCUT2D eigenvalue weighted by Crippen LogP contribution is 2.04. The number of aromatic hydroxyl groups is 1. The van der Waals surface area contributed by atoms with Gasteiger partial charge in [-0.15, -0.1) is 0 Å². The summed E-state index contributed by atoms with van der Waals surface area (Å²) in [5.41, 5.74) is 0.109. The first-order chi connectivity index (χ1) is 8.06. The molecule has 0 amide bonds. The van der Waals surface area contributed by atoms with Crippen molar-refractivity contribution in [3.05, 3.63) is 20.7 Å². The van der Waals surface area contributed by atoms with E-state index in [1.807, 2.05) is 0 Å². The van der Waals surface area contributed by atoms with Gasteiger partial charge in [0.25, 0.3) is 5.56 Å².